The van der Waals surface area contributed by atoms with E-state index in [2.05, 4.69) is 24.1 Å². The van der Waals surface area contributed by atoms with E-state index >= 15 is 0 Å². The molecule has 2 rings (SSSR count). The minimum atomic E-state index is 0.123. The molecule has 0 atom stereocenters. The van der Waals surface area contributed by atoms with Crippen LogP contribution in [-0.4, -0.2) is 15.5 Å². The molecule has 3 N–H and O–H groups in total. The maximum Gasteiger partial charge on any atom is 0.126 e. The number of hydrogen-bond donors (Lipinski definition) is 2. The fourth-order valence-corrected chi connectivity index (χ4v) is 1.97. The van der Waals surface area contributed by atoms with E-state index in [1.807, 2.05) is 12.1 Å². The van der Waals surface area contributed by atoms with Gasteiger partial charge in [-0.1, -0.05) is 12.2 Å². The summed E-state index contributed by atoms with van der Waals surface area (Å²) in [5, 5.41) is 3.45. The molecule has 86 valence electrons. The molecular weight excluding hydrogens is 218 g/mol. The Bertz CT molecular complexity index is 393. The SMILES string of the molecule is CC(C)(Nc1ccc(C(N)=S)cn1)C1CC1. The highest BCUT2D eigenvalue weighted by Gasteiger charge is 2.37. The molecule has 1 fully saturated rings. The lowest BCUT2D eigenvalue weighted by atomic mass is 9.99. The van der Waals surface area contributed by atoms with Crippen LogP contribution in [0.4, 0.5) is 5.82 Å². The molecule has 1 saturated carbocycles. The fraction of sp³-hybridized carbons (Fsp3) is 0.500. The molecule has 0 aliphatic heterocycles. The molecule has 1 heterocycles. The number of anilines is 1. The second-order valence-corrected chi connectivity index (χ2v) is 5.36. The topological polar surface area (TPSA) is 50.9 Å². The van der Waals surface area contributed by atoms with Crippen LogP contribution in [0.15, 0.2) is 18.3 Å². The first-order chi connectivity index (χ1) is 7.49. The average molecular weight is 235 g/mol. The summed E-state index contributed by atoms with van der Waals surface area (Å²) < 4.78 is 0. The fourth-order valence-electron chi connectivity index (χ4n) is 1.85. The van der Waals surface area contributed by atoms with E-state index in [0.29, 0.717) is 4.99 Å². The summed E-state index contributed by atoms with van der Waals surface area (Å²) in [4.78, 5) is 4.71. The molecule has 0 radical (unpaired) electrons. The molecule has 0 saturated heterocycles. The van der Waals surface area contributed by atoms with Crippen LogP contribution in [0.1, 0.15) is 32.3 Å². The first-order valence-corrected chi connectivity index (χ1v) is 5.94. The van der Waals surface area contributed by atoms with E-state index in [1.165, 1.54) is 12.8 Å². The largest absolute Gasteiger partial charge is 0.389 e. The molecule has 3 nitrogen and oxygen atoms in total. The molecule has 1 aliphatic rings. The summed E-state index contributed by atoms with van der Waals surface area (Å²) in [6.07, 6.45) is 4.34. The van der Waals surface area contributed by atoms with E-state index in [0.717, 1.165) is 17.3 Å². The Morgan fingerprint density at radius 2 is 2.19 bits per heavy atom. The van der Waals surface area contributed by atoms with Crippen molar-refractivity contribution < 1.29 is 0 Å². The molecule has 0 unspecified atom stereocenters. The Balaban J connectivity index is 2.07. The monoisotopic (exact) mass is 235 g/mol. The summed E-state index contributed by atoms with van der Waals surface area (Å²) in [5.41, 5.74) is 6.45. The lowest BCUT2D eigenvalue weighted by molar-refractivity contribution is 0.492. The molecule has 1 aromatic rings. The molecule has 16 heavy (non-hydrogen) atoms. The van der Waals surface area contributed by atoms with Crippen molar-refractivity contribution in [3.05, 3.63) is 23.9 Å². The number of aromatic nitrogens is 1. The minimum absolute atomic E-state index is 0.123. The minimum Gasteiger partial charge on any atom is -0.389 e. The predicted molar refractivity (Wildman–Crippen MR) is 70.6 cm³/mol. The maximum atomic E-state index is 5.52. The van der Waals surface area contributed by atoms with Gasteiger partial charge in [-0.3, -0.25) is 0 Å². The third kappa shape index (κ3) is 2.50. The summed E-state index contributed by atoms with van der Waals surface area (Å²) >= 11 is 4.88. The second-order valence-electron chi connectivity index (χ2n) is 4.92. The zero-order valence-corrected chi connectivity index (χ0v) is 10.5. The molecule has 1 aromatic heterocycles. The Kier molecular flexibility index (Phi) is 2.84. The van der Waals surface area contributed by atoms with Crippen LogP contribution in [0.5, 0.6) is 0 Å². The van der Waals surface area contributed by atoms with Gasteiger partial charge >= 0.3 is 0 Å². The number of hydrogen-bond acceptors (Lipinski definition) is 3. The summed E-state index contributed by atoms with van der Waals surface area (Å²) in [5.74, 6) is 1.65. The van der Waals surface area contributed by atoms with Crippen molar-refractivity contribution >= 4 is 23.0 Å². The first kappa shape index (κ1) is 11.3. The molecule has 0 spiro atoms. The van der Waals surface area contributed by atoms with Gasteiger partial charge in [-0.25, -0.2) is 4.98 Å². The van der Waals surface area contributed by atoms with Gasteiger partial charge in [-0.15, -0.1) is 0 Å². The van der Waals surface area contributed by atoms with E-state index in [9.17, 15) is 0 Å². The smallest absolute Gasteiger partial charge is 0.126 e. The van der Waals surface area contributed by atoms with Crippen molar-refractivity contribution in [3.63, 3.8) is 0 Å². The lowest BCUT2D eigenvalue weighted by Crippen LogP contribution is -2.33. The van der Waals surface area contributed by atoms with E-state index < -0.39 is 0 Å². The van der Waals surface area contributed by atoms with Gasteiger partial charge in [0.05, 0.1) is 0 Å². The lowest BCUT2D eigenvalue weighted by Gasteiger charge is -2.26. The normalized spacial score (nSPS) is 15.9. The predicted octanol–water partition coefficient (Wildman–Crippen LogP) is 2.32. The number of nitrogens with one attached hydrogen (secondary N) is 1. The van der Waals surface area contributed by atoms with Gasteiger partial charge in [0.2, 0.25) is 0 Å². The van der Waals surface area contributed by atoms with E-state index in [4.69, 9.17) is 18.0 Å². The zero-order chi connectivity index (χ0) is 11.8. The molecule has 4 heteroatoms. The second kappa shape index (κ2) is 4.01. The van der Waals surface area contributed by atoms with Crippen LogP contribution in [0.3, 0.4) is 0 Å². The number of pyridine rings is 1. The third-order valence-electron chi connectivity index (χ3n) is 3.10. The van der Waals surface area contributed by atoms with Crippen molar-refractivity contribution in [1.29, 1.82) is 0 Å². The van der Waals surface area contributed by atoms with Gasteiger partial charge in [0.15, 0.2) is 0 Å². The standard InChI is InChI=1S/C12H17N3S/c1-12(2,9-4-5-9)15-10-6-3-8(7-14-10)11(13)16/h3,6-7,9H,4-5H2,1-2H3,(H2,13,16)(H,14,15). The van der Waals surface area contributed by atoms with Gasteiger partial charge in [-0.05, 0) is 44.7 Å². The molecule has 0 aromatic carbocycles. The van der Waals surface area contributed by atoms with Crippen molar-refractivity contribution in [2.45, 2.75) is 32.2 Å². The Morgan fingerprint density at radius 3 is 2.62 bits per heavy atom. The van der Waals surface area contributed by atoms with Crippen molar-refractivity contribution in [2.24, 2.45) is 11.7 Å². The number of nitrogens with zero attached hydrogens (tertiary/aromatic N) is 1. The highest BCUT2D eigenvalue weighted by molar-refractivity contribution is 7.80. The maximum absolute atomic E-state index is 5.52. The molecule has 1 aliphatic carbocycles. The molecule has 0 amide bonds. The summed E-state index contributed by atoms with van der Waals surface area (Å²) in [6.45, 7) is 4.43. The van der Waals surface area contributed by atoms with Crippen LogP contribution in [0, 0.1) is 5.92 Å². The van der Waals surface area contributed by atoms with Gasteiger partial charge in [0.1, 0.15) is 10.8 Å². The number of nitrogens with two attached hydrogens (primary N) is 1. The quantitative estimate of drug-likeness (QED) is 0.786. The van der Waals surface area contributed by atoms with E-state index in [-0.39, 0.29) is 5.54 Å². The average Bonchev–Trinajstić information content (AvgIpc) is 3.01. The third-order valence-corrected chi connectivity index (χ3v) is 3.33. The van der Waals surface area contributed by atoms with E-state index in [1.54, 1.807) is 6.20 Å². The Labute approximate surface area is 101 Å². The van der Waals surface area contributed by atoms with Gasteiger partial charge < -0.3 is 11.1 Å². The summed E-state index contributed by atoms with van der Waals surface area (Å²) in [6, 6.07) is 3.83. The van der Waals surface area contributed by atoms with Gasteiger partial charge in [-0.2, -0.15) is 0 Å². The van der Waals surface area contributed by atoms with Crippen LogP contribution < -0.4 is 11.1 Å². The van der Waals surface area contributed by atoms with Crippen molar-refractivity contribution in [3.8, 4) is 0 Å². The van der Waals surface area contributed by atoms with Gasteiger partial charge in [0.25, 0.3) is 0 Å². The zero-order valence-electron chi connectivity index (χ0n) is 9.66. The van der Waals surface area contributed by atoms with Crippen LogP contribution >= 0.6 is 12.2 Å². The first-order valence-electron chi connectivity index (χ1n) is 5.53. The van der Waals surface area contributed by atoms with Crippen LogP contribution in [0.25, 0.3) is 0 Å². The van der Waals surface area contributed by atoms with Crippen LogP contribution in [0.2, 0.25) is 0 Å². The highest BCUT2D eigenvalue weighted by Crippen LogP contribution is 2.40. The van der Waals surface area contributed by atoms with Crippen molar-refractivity contribution in [2.75, 3.05) is 5.32 Å². The summed E-state index contributed by atoms with van der Waals surface area (Å²) in [7, 11) is 0. The number of thiocarbonyl (C=S) groups is 1. The van der Waals surface area contributed by atoms with Gasteiger partial charge in [0, 0.05) is 17.3 Å². The van der Waals surface area contributed by atoms with Crippen molar-refractivity contribution in [1.82, 2.24) is 4.98 Å². The number of rotatable bonds is 4. The highest BCUT2D eigenvalue weighted by atomic mass is 32.1. The molecule has 0 bridgehead atoms. The Hall–Kier alpha value is -1.16. The Morgan fingerprint density at radius 1 is 1.50 bits per heavy atom. The molecular formula is C12H17N3S. The van der Waals surface area contributed by atoms with Crippen LogP contribution in [-0.2, 0) is 0 Å².